The number of benzene rings is 2. The molecule has 6 nitrogen and oxygen atoms in total. The summed E-state index contributed by atoms with van der Waals surface area (Å²) in [6, 6.07) is 13.0. The molecule has 0 aliphatic heterocycles. The molecule has 1 aliphatic carbocycles. The van der Waals surface area contributed by atoms with Gasteiger partial charge in [0.2, 0.25) is 5.95 Å². The molecule has 1 aromatic heterocycles. The van der Waals surface area contributed by atoms with E-state index in [-0.39, 0.29) is 11.7 Å². The van der Waals surface area contributed by atoms with Gasteiger partial charge in [0.25, 0.3) is 5.91 Å². The molecule has 1 heterocycles. The van der Waals surface area contributed by atoms with E-state index in [0.717, 1.165) is 42.4 Å². The second-order valence-corrected chi connectivity index (χ2v) is 8.82. The van der Waals surface area contributed by atoms with Crippen LogP contribution >= 0.6 is 0 Å². The zero-order chi connectivity index (χ0) is 22.7. The van der Waals surface area contributed by atoms with E-state index in [1.807, 2.05) is 43.3 Å². The van der Waals surface area contributed by atoms with Crippen LogP contribution < -0.4 is 15.5 Å². The third kappa shape index (κ3) is 4.98. The predicted molar refractivity (Wildman–Crippen MR) is 127 cm³/mol. The fraction of sp³-hybridized carbons (Fsp3) is 0.400. The predicted octanol–water partition coefficient (Wildman–Crippen LogP) is 4.54. The zero-order valence-corrected chi connectivity index (χ0v) is 18.9. The number of para-hydroxylation sites is 1. The molecule has 1 saturated carbocycles. The van der Waals surface area contributed by atoms with E-state index in [2.05, 4.69) is 10.6 Å². The van der Waals surface area contributed by atoms with Gasteiger partial charge in [-0.05, 0) is 68.4 Å². The molecular formula is C25H30FN5O. The van der Waals surface area contributed by atoms with Crippen LogP contribution in [0.2, 0.25) is 0 Å². The topological polar surface area (TPSA) is 70.2 Å². The van der Waals surface area contributed by atoms with E-state index in [1.54, 1.807) is 19.1 Å². The van der Waals surface area contributed by atoms with Crippen LogP contribution in [0.25, 0.3) is 10.9 Å². The van der Waals surface area contributed by atoms with Crippen molar-refractivity contribution < 1.29 is 9.18 Å². The Morgan fingerprint density at radius 1 is 1.09 bits per heavy atom. The molecule has 2 N–H and O–H groups in total. The molecule has 0 unspecified atom stereocenters. The lowest BCUT2D eigenvalue weighted by atomic mass is 9.86. The highest BCUT2D eigenvalue weighted by molar-refractivity contribution is 5.94. The standard InChI is InChI=1S/C25H30FN5O/c1-16-8-11-18(14-21(16)26)24(32)27-15-17-9-12-19(13-10-17)28-25-29-22-7-5-4-6-20(22)23(30-25)31(2)3/h4-8,11,14,17,19H,9-10,12-13,15H2,1-3H3,(H,27,32)(H,28,29,30)/t17-,19+. The van der Waals surface area contributed by atoms with Crippen molar-refractivity contribution in [2.75, 3.05) is 30.9 Å². The molecule has 4 rings (SSSR count). The summed E-state index contributed by atoms with van der Waals surface area (Å²) < 4.78 is 13.7. The van der Waals surface area contributed by atoms with Crippen molar-refractivity contribution in [2.45, 2.75) is 38.6 Å². The van der Waals surface area contributed by atoms with Gasteiger partial charge in [-0.2, -0.15) is 4.98 Å². The molecule has 168 valence electrons. The van der Waals surface area contributed by atoms with E-state index in [4.69, 9.17) is 9.97 Å². The smallest absolute Gasteiger partial charge is 0.251 e. The van der Waals surface area contributed by atoms with Crippen molar-refractivity contribution in [1.29, 1.82) is 0 Å². The van der Waals surface area contributed by atoms with Crippen molar-refractivity contribution in [3.8, 4) is 0 Å². The first-order valence-electron chi connectivity index (χ1n) is 11.2. The molecule has 0 spiro atoms. The number of amides is 1. The Morgan fingerprint density at radius 3 is 2.56 bits per heavy atom. The number of nitrogens with zero attached hydrogens (tertiary/aromatic N) is 3. The van der Waals surface area contributed by atoms with Gasteiger partial charge >= 0.3 is 0 Å². The number of anilines is 2. The van der Waals surface area contributed by atoms with E-state index in [1.165, 1.54) is 6.07 Å². The molecule has 0 bridgehead atoms. The average Bonchev–Trinajstić information content (AvgIpc) is 2.79. The molecule has 32 heavy (non-hydrogen) atoms. The van der Waals surface area contributed by atoms with Gasteiger partial charge in [-0.3, -0.25) is 4.79 Å². The van der Waals surface area contributed by atoms with Crippen LogP contribution in [0, 0.1) is 18.7 Å². The molecule has 0 atom stereocenters. The van der Waals surface area contributed by atoms with Crippen LogP contribution in [0.15, 0.2) is 42.5 Å². The summed E-state index contributed by atoms with van der Waals surface area (Å²) in [4.78, 5) is 23.8. The summed E-state index contributed by atoms with van der Waals surface area (Å²) in [5.41, 5.74) is 1.84. The molecule has 1 aliphatic rings. The van der Waals surface area contributed by atoms with Crippen LogP contribution in [0.4, 0.5) is 16.2 Å². The number of nitrogens with one attached hydrogen (secondary N) is 2. The molecule has 7 heteroatoms. The summed E-state index contributed by atoms with van der Waals surface area (Å²) in [6.07, 6.45) is 4.00. The fourth-order valence-electron chi connectivity index (χ4n) is 4.23. The summed E-state index contributed by atoms with van der Waals surface area (Å²) in [6.45, 7) is 2.30. The minimum atomic E-state index is -0.349. The van der Waals surface area contributed by atoms with Gasteiger partial charge in [0.1, 0.15) is 11.6 Å². The molecule has 0 radical (unpaired) electrons. The van der Waals surface area contributed by atoms with Gasteiger partial charge in [0.05, 0.1) is 5.52 Å². The van der Waals surface area contributed by atoms with Crippen LogP contribution in [-0.2, 0) is 0 Å². The molecule has 1 amide bonds. The van der Waals surface area contributed by atoms with Gasteiger partial charge < -0.3 is 15.5 Å². The van der Waals surface area contributed by atoms with E-state index in [9.17, 15) is 9.18 Å². The Bertz CT molecular complexity index is 1110. The minimum Gasteiger partial charge on any atom is -0.362 e. The average molecular weight is 436 g/mol. The number of hydrogen-bond acceptors (Lipinski definition) is 5. The maximum absolute atomic E-state index is 13.7. The molecule has 0 saturated heterocycles. The van der Waals surface area contributed by atoms with Crippen molar-refractivity contribution in [3.05, 3.63) is 59.4 Å². The number of carbonyl (C=O) groups excluding carboxylic acids is 1. The van der Waals surface area contributed by atoms with Crippen molar-refractivity contribution in [3.63, 3.8) is 0 Å². The van der Waals surface area contributed by atoms with Gasteiger partial charge in [-0.25, -0.2) is 9.37 Å². The zero-order valence-electron chi connectivity index (χ0n) is 18.9. The van der Waals surface area contributed by atoms with E-state index < -0.39 is 0 Å². The van der Waals surface area contributed by atoms with Crippen LogP contribution in [0.1, 0.15) is 41.6 Å². The normalized spacial score (nSPS) is 18.4. The molecule has 3 aromatic rings. The summed E-state index contributed by atoms with van der Waals surface area (Å²) >= 11 is 0. The first-order valence-corrected chi connectivity index (χ1v) is 11.2. The first kappa shape index (κ1) is 22.0. The Balaban J connectivity index is 1.31. The quantitative estimate of drug-likeness (QED) is 0.595. The summed E-state index contributed by atoms with van der Waals surface area (Å²) in [5.74, 6) is 1.41. The lowest BCUT2D eigenvalue weighted by molar-refractivity contribution is 0.0943. The second-order valence-electron chi connectivity index (χ2n) is 8.82. The number of aromatic nitrogens is 2. The van der Waals surface area contributed by atoms with Crippen LogP contribution in [0.3, 0.4) is 0 Å². The Morgan fingerprint density at radius 2 is 1.84 bits per heavy atom. The van der Waals surface area contributed by atoms with Crippen LogP contribution in [-0.4, -0.2) is 42.6 Å². The highest BCUT2D eigenvalue weighted by Crippen LogP contribution is 2.28. The van der Waals surface area contributed by atoms with Crippen molar-refractivity contribution >= 4 is 28.6 Å². The van der Waals surface area contributed by atoms with E-state index >= 15 is 0 Å². The Kier molecular flexibility index (Phi) is 6.53. The lowest BCUT2D eigenvalue weighted by Gasteiger charge is -2.29. The van der Waals surface area contributed by atoms with Gasteiger partial charge in [0.15, 0.2) is 0 Å². The summed E-state index contributed by atoms with van der Waals surface area (Å²) in [7, 11) is 3.98. The SMILES string of the molecule is Cc1ccc(C(=O)NC[C@H]2CC[C@@H](Nc3nc(N(C)C)c4ccccc4n3)CC2)cc1F. The first-order chi connectivity index (χ1) is 15.4. The third-order valence-corrected chi connectivity index (χ3v) is 6.17. The second kappa shape index (κ2) is 9.51. The third-order valence-electron chi connectivity index (χ3n) is 6.17. The fourth-order valence-corrected chi connectivity index (χ4v) is 4.23. The number of aryl methyl sites for hydroxylation is 1. The number of hydrogen-bond donors (Lipinski definition) is 2. The number of fused-ring (bicyclic) bond motifs is 1. The highest BCUT2D eigenvalue weighted by atomic mass is 19.1. The minimum absolute atomic E-state index is 0.218. The lowest BCUT2D eigenvalue weighted by Crippen LogP contribution is -2.34. The van der Waals surface area contributed by atoms with Crippen LogP contribution in [0.5, 0.6) is 0 Å². The summed E-state index contributed by atoms with van der Waals surface area (Å²) in [5, 5.41) is 7.51. The Labute approximate surface area is 188 Å². The monoisotopic (exact) mass is 435 g/mol. The number of halogens is 1. The van der Waals surface area contributed by atoms with Gasteiger partial charge in [-0.1, -0.05) is 18.2 Å². The number of rotatable bonds is 6. The highest BCUT2D eigenvalue weighted by Gasteiger charge is 2.23. The van der Waals surface area contributed by atoms with Gasteiger partial charge in [0, 0.05) is 37.6 Å². The van der Waals surface area contributed by atoms with Crippen molar-refractivity contribution in [2.24, 2.45) is 5.92 Å². The molecule has 1 fully saturated rings. The molecule has 2 aromatic carbocycles. The van der Waals surface area contributed by atoms with E-state index in [0.29, 0.717) is 35.6 Å². The Hall–Kier alpha value is -3.22. The van der Waals surface area contributed by atoms with Crippen molar-refractivity contribution in [1.82, 2.24) is 15.3 Å². The maximum atomic E-state index is 13.7. The molecular weight excluding hydrogens is 405 g/mol. The largest absolute Gasteiger partial charge is 0.362 e. The number of carbonyl (C=O) groups is 1. The van der Waals surface area contributed by atoms with Gasteiger partial charge in [-0.15, -0.1) is 0 Å². The maximum Gasteiger partial charge on any atom is 0.251 e.